The first kappa shape index (κ1) is 12.3. The maximum atomic E-state index is 5.85. The van der Waals surface area contributed by atoms with E-state index in [1.807, 2.05) is 32.0 Å². The van der Waals surface area contributed by atoms with Crippen molar-refractivity contribution in [3.05, 3.63) is 34.1 Å². The van der Waals surface area contributed by atoms with E-state index in [1.165, 1.54) is 0 Å². The Hall–Kier alpha value is -1.20. The van der Waals surface area contributed by atoms with Gasteiger partial charge in [-0.15, -0.1) is 10.2 Å². The molecular formula is C12H14BrN3O. The van der Waals surface area contributed by atoms with Crippen LogP contribution in [0, 0.1) is 6.92 Å². The molecule has 2 N–H and O–H groups in total. The first-order valence-electron chi connectivity index (χ1n) is 5.47. The van der Waals surface area contributed by atoms with Crippen molar-refractivity contribution in [1.29, 1.82) is 0 Å². The lowest BCUT2D eigenvalue weighted by Crippen LogP contribution is -2.08. The summed E-state index contributed by atoms with van der Waals surface area (Å²) in [5.41, 5.74) is 7.88. The van der Waals surface area contributed by atoms with Gasteiger partial charge >= 0.3 is 0 Å². The van der Waals surface area contributed by atoms with Crippen molar-refractivity contribution in [2.24, 2.45) is 5.73 Å². The summed E-state index contributed by atoms with van der Waals surface area (Å²) in [6.07, 6.45) is 0.774. The summed E-state index contributed by atoms with van der Waals surface area (Å²) in [6, 6.07) is 5.79. The van der Waals surface area contributed by atoms with Crippen molar-refractivity contribution in [1.82, 2.24) is 10.2 Å². The molecule has 1 unspecified atom stereocenters. The normalized spacial score (nSPS) is 12.7. The largest absolute Gasteiger partial charge is 0.419 e. The zero-order valence-corrected chi connectivity index (χ0v) is 11.4. The van der Waals surface area contributed by atoms with Gasteiger partial charge in [0.2, 0.25) is 11.8 Å². The number of aryl methyl sites for hydroxylation is 1. The summed E-state index contributed by atoms with van der Waals surface area (Å²) < 4.78 is 6.51. The maximum absolute atomic E-state index is 5.85. The third-order valence-corrected chi connectivity index (χ3v) is 3.24. The molecule has 5 heteroatoms. The average Bonchev–Trinajstić information content (AvgIpc) is 2.80. The number of nitrogens with two attached hydrogens (primary N) is 1. The highest BCUT2D eigenvalue weighted by atomic mass is 79.9. The van der Waals surface area contributed by atoms with Gasteiger partial charge in [0.15, 0.2) is 0 Å². The number of hydrogen-bond acceptors (Lipinski definition) is 4. The highest BCUT2D eigenvalue weighted by Crippen LogP contribution is 2.29. The van der Waals surface area contributed by atoms with Crippen molar-refractivity contribution < 1.29 is 4.42 Å². The Morgan fingerprint density at radius 2 is 2.18 bits per heavy atom. The molecule has 1 atom stereocenters. The highest BCUT2D eigenvalue weighted by molar-refractivity contribution is 9.10. The molecule has 0 amide bonds. The second kappa shape index (κ2) is 4.98. The van der Waals surface area contributed by atoms with Crippen LogP contribution in [0.3, 0.4) is 0 Å². The molecule has 1 heterocycles. The second-order valence-corrected chi connectivity index (χ2v) is 4.80. The van der Waals surface area contributed by atoms with Crippen LogP contribution in [0.1, 0.15) is 30.8 Å². The van der Waals surface area contributed by atoms with Gasteiger partial charge < -0.3 is 10.2 Å². The van der Waals surface area contributed by atoms with Crippen molar-refractivity contribution in [3.8, 4) is 11.5 Å². The van der Waals surface area contributed by atoms with E-state index < -0.39 is 0 Å². The summed E-state index contributed by atoms with van der Waals surface area (Å²) in [7, 11) is 0. The van der Waals surface area contributed by atoms with Crippen molar-refractivity contribution in [2.75, 3.05) is 0 Å². The van der Waals surface area contributed by atoms with E-state index in [-0.39, 0.29) is 6.04 Å². The topological polar surface area (TPSA) is 64.9 Å². The Morgan fingerprint density at radius 3 is 2.88 bits per heavy atom. The third-order valence-electron chi connectivity index (χ3n) is 2.55. The van der Waals surface area contributed by atoms with Crippen LogP contribution in [0.25, 0.3) is 11.5 Å². The molecule has 0 radical (unpaired) electrons. The van der Waals surface area contributed by atoms with Gasteiger partial charge in [0.1, 0.15) is 0 Å². The lowest BCUT2D eigenvalue weighted by Gasteiger charge is -2.02. The number of aromatic nitrogens is 2. The van der Waals surface area contributed by atoms with Gasteiger partial charge in [0, 0.05) is 4.47 Å². The Kier molecular flexibility index (Phi) is 3.59. The van der Waals surface area contributed by atoms with Crippen LogP contribution in [0.15, 0.2) is 27.1 Å². The van der Waals surface area contributed by atoms with Crippen LogP contribution in [0.4, 0.5) is 0 Å². The summed E-state index contributed by atoms with van der Waals surface area (Å²) >= 11 is 3.47. The fourth-order valence-corrected chi connectivity index (χ4v) is 1.89. The van der Waals surface area contributed by atoms with Crippen LogP contribution in [0.5, 0.6) is 0 Å². The lowest BCUT2D eigenvalue weighted by molar-refractivity contribution is 0.452. The number of rotatable bonds is 3. The zero-order chi connectivity index (χ0) is 12.4. The first-order chi connectivity index (χ1) is 8.11. The molecule has 2 rings (SSSR count). The summed E-state index contributed by atoms with van der Waals surface area (Å²) in [4.78, 5) is 0. The van der Waals surface area contributed by atoms with Gasteiger partial charge in [-0.3, -0.25) is 0 Å². The monoisotopic (exact) mass is 295 g/mol. The molecule has 0 aliphatic carbocycles. The van der Waals surface area contributed by atoms with Crippen LogP contribution in [-0.4, -0.2) is 10.2 Å². The summed E-state index contributed by atoms with van der Waals surface area (Å²) in [6.45, 7) is 4.00. The molecule has 2 aromatic rings. The van der Waals surface area contributed by atoms with Gasteiger partial charge in [-0.2, -0.15) is 0 Å². The number of benzene rings is 1. The maximum Gasteiger partial charge on any atom is 0.248 e. The van der Waals surface area contributed by atoms with Crippen LogP contribution < -0.4 is 5.73 Å². The van der Waals surface area contributed by atoms with E-state index >= 15 is 0 Å². The predicted octanol–water partition coefficient (Wildman–Crippen LogP) is 3.22. The molecule has 17 heavy (non-hydrogen) atoms. The molecule has 0 saturated heterocycles. The number of nitrogens with zero attached hydrogens (tertiary/aromatic N) is 2. The van der Waals surface area contributed by atoms with Crippen molar-refractivity contribution >= 4 is 15.9 Å². The van der Waals surface area contributed by atoms with Crippen molar-refractivity contribution in [3.63, 3.8) is 0 Å². The van der Waals surface area contributed by atoms with E-state index in [2.05, 4.69) is 26.1 Å². The van der Waals surface area contributed by atoms with E-state index in [0.717, 1.165) is 22.0 Å². The molecule has 0 spiro atoms. The molecule has 90 valence electrons. The molecule has 0 aliphatic heterocycles. The van der Waals surface area contributed by atoms with Crippen LogP contribution >= 0.6 is 15.9 Å². The standard InChI is InChI=1S/C12H14BrN3O/c1-3-10(14)12-16-15-11(17-12)8-6-7(2)4-5-9(8)13/h4-6,10H,3,14H2,1-2H3. The minimum absolute atomic E-state index is 0.195. The Labute approximate surface area is 108 Å². The fraction of sp³-hybridized carbons (Fsp3) is 0.333. The van der Waals surface area contributed by atoms with E-state index in [0.29, 0.717) is 11.8 Å². The summed E-state index contributed by atoms with van der Waals surface area (Å²) in [5, 5.41) is 8.00. The van der Waals surface area contributed by atoms with Gasteiger partial charge in [0.25, 0.3) is 0 Å². The minimum atomic E-state index is -0.195. The van der Waals surface area contributed by atoms with E-state index in [9.17, 15) is 0 Å². The third kappa shape index (κ3) is 2.56. The van der Waals surface area contributed by atoms with Gasteiger partial charge in [-0.1, -0.05) is 18.6 Å². The van der Waals surface area contributed by atoms with Crippen LogP contribution in [0.2, 0.25) is 0 Å². The van der Waals surface area contributed by atoms with Gasteiger partial charge in [0.05, 0.1) is 11.6 Å². The second-order valence-electron chi connectivity index (χ2n) is 3.94. The molecule has 1 aromatic heterocycles. The lowest BCUT2D eigenvalue weighted by atomic mass is 10.1. The van der Waals surface area contributed by atoms with Crippen LogP contribution in [-0.2, 0) is 0 Å². The Balaban J connectivity index is 2.40. The number of halogens is 1. The molecular weight excluding hydrogens is 282 g/mol. The molecule has 0 aliphatic rings. The SMILES string of the molecule is CCC(N)c1nnc(-c2cc(C)ccc2Br)o1. The average molecular weight is 296 g/mol. The Bertz CT molecular complexity index is 524. The Morgan fingerprint density at radius 1 is 1.41 bits per heavy atom. The molecule has 0 bridgehead atoms. The smallest absolute Gasteiger partial charge is 0.248 e. The minimum Gasteiger partial charge on any atom is -0.419 e. The zero-order valence-electron chi connectivity index (χ0n) is 9.77. The quantitative estimate of drug-likeness (QED) is 0.944. The molecule has 0 fully saturated rings. The fourth-order valence-electron chi connectivity index (χ4n) is 1.47. The van der Waals surface area contributed by atoms with Gasteiger partial charge in [-0.05, 0) is 41.4 Å². The highest BCUT2D eigenvalue weighted by Gasteiger charge is 2.15. The van der Waals surface area contributed by atoms with Crippen molar-refractivity contribution in [2.45, 2.75) is 26.3 Å². The first-order valence-corrected chi connectivity index (χ1v) is 6.26. The van der Waals surface area contributed by atoms with E-state index in [1.54, 1.807) is 0 Å². The summed E-state index contributed by atoms with van der Waals surface area (Å²) in [5.74, 6) is 0.982. The molecule has 0 saturated carbocycles. The molecule has 1 aromatic carbocycles. The van der Waals surface area contributed by atoms with Gasteiger partial charge in [-0.25, -0.2) is 0 Å². The molecule has 4 nitrogen and oxygen atoms in total. The number of hydrogen-bond donors (Lipinski definition) is 1. The predicted molar refractivity (Wildman–Crippen MR) is 69.4 cm³/mol. The van der Waals surface area contributed by atoms with E-state index in [4.69, 9.17) is 10.2 Å².